The van der Waals surface area contributed by atoms with E-state index in [0.29, 0.717) is 11.0 Å². The third-order valence-corrected chi connectivity index (χ3v) is 1.17. The zero-order chi connectivity index (χ0) is 9.07. The molecule has 0 unspecified atom stereocenters. The Bertz CT molecular complexity index is 139. The van der Waals surface area contributed by atoms with E-state index in [1.807, 2.05) is 21.1 Å². The minimum absolute atomic E-state index is 0.171. The SMILES string of the molecule is C[N+](C)(C)C[C@@H](O)CC(=O)O. The summed E-state index contributed by atoms with van der Waals surface area (Å²) in [5, 5.41) is 17.5. The standard InChI is InChI=1S/C7H15NO3/c1-8(2,3)5-6(9)4-7(10)11/h6,9H,4-5H2,1-3H3/p+1/t6-/m0/s1. The highest BCUT2D eigenvalue weighted by Gasteiger charge is 2.17. The second-order valence-corrected chi connectivity index (χ2v) is 3.72. The van der Waals surface area contributed by atoms with E-state index < -0.39 is 12.1 Å². The summed E-state index contributed by atoms with van der Waals surface area (Å²) in [6.45, 7) is 0.465. The highest BCUT2D eigenvalue weighted by Crippen LogP contribution is 1.98. The minimum Gasteiger partial charge on any atom is -0.481 e. The summed E-state index contributed by atoms with van der Waals surface area (Å²) in [5.74, 6) is -0.953. The Kier molecular flexibility index (Phi) is 3.48. The van der Waals surface area contributed by atoms with E-state index in [1.54, 1.807) is 0 Å². The van der Waals surface area contributed by atoms with Gasteiger partial charge in [-0.1, -0.05) is 0 Å². The third-order valence-electron chi connectivity index (χ3n) is 1.17. The molecule has 66 valence electrons. The van der Waals surface area contributed by atoms with E-state index in [2.05, 4.69) is 0 Å². The van der Waals surface area contributed by atoms with Crippen molar-refractivity contribution in [2.45, 2.75) is 12.5 Å². The van der Waals surface area contributed by atoms with Gasteiger partial charge in [0.05, 0.1) is 27.6 Å². The Morgan fingerprint density at radius 3 is 2.18 bits per heavy atom. The highest BCUT2D eigenvalue weighted by atomic mass is 16.4. The van der Waals surface area contributed by atoms with Crippen molar-refractivity contribution in [2.24, 2.45) is 0 Å². The molecule has 0 aliphatic heterocycles. The molecule has 0 radical (unpaired) electrons. The van der Waals surface area contributed by atoms with Crippen LogP contribution in [0, 0.1) is 0 Å². The number of nitrogens with zero attached hydrogens (tertiary/aromatic N) is 1. The molecule has 0 fully saturated rings. The summed E-state index contributed by atoms with van der Waals surface area (Å²) in [6.07, 6.45) is -0.914. The van der Waals surface area contributed by atoms with Gasteiger partial charge in [-0.05, 0) is 0 Å². The molecule has 0 aromatic carbocycles. The topological polar surface area (TPSA) is 57.5 Å². The fraction of sp³-hybridized carbons (Fsp3) is 0.857. The Labute approximate surface area is 66.6 Å². The fourth-order valence-electron chi connectivity index (χ4n) is 0.898. The Hall–Kier alpha value is -0.610. The molecule has 0 aliphatic carbocycles. The van der Waals surface area contributed by atoms with E-state index >= 15 is 0 Å². The molecule has 0 spiro atoms. The number of carboxylic acids is 1. The smallest absolute Gasteiger partial charge is 0.306 e. The molecule has 0 bridgehead atoms. The summed E-state index contributed by atoms with van der Waals surface area (Å²) in [5.41, 5.74) is 0. The first-order chi connectivity index (χ1) is 4.81. The molecule has 11 heavy (non-hydrogen) atoms. The molecule has 0 heterocycles. The lowest BCUT2D eigenvalue weighted by Crippen LogP contribution is -2.42. The number of aliphatic hydroxyl groups is 1. The van der Waals surface area contributed by atoms with Crippen molar-refractivity contribution in [1.29, 1.82) is 0 Å². The number of quaternary nitrogens is 1. The van der Waals surface area contributed by atoms with Gasteiger partial charge in [-0.15, -0.1) is 0 Å². The van der Waals surface area contributed by atoms with Crippen molar-refractivity contribution in [1.82, 2.24) is 0 Å². The van der Waals surface area contributed by atoms with Gasteiger partial charge >= 0.3 is 5.97 Å². The summed E-state index contributed by atoms with van der Waals surface area (Å²) in [4.78, 5) is 10.1. The molecule has 1 atom stereocenters. The summed E-state index contributed by atoms with van der Waals surface area (Å²) >= 11 is 0. The van der Waals surface area contributed by atoms with Crippen LogP contribution >= 0.6 is 0 Å². The van der Waals surface area contributed by atoms with Gasteiger partial charge in [-0.3, -0.25) is 4.79 Å². The van der Waals surface area contributed by atoms with Crippen molar-refractivity contribution in [3.63, 3.8) is 0 Å². The second-order valence-electron chi connectivity index (χ2n) is 3.72. The van der Waals surface area contributed by atoms with Crippen molar-refractivity contribution in [2.75, 3.05) is 27.7 Å². The van der Waals surface area contributed by atoms with Crippen LogP contribution < -0.4 is 0 Å². The number of likely N-dealkylation sites (N-methyl/N-ethyl adjacent to an activating group) is 1. The molecule has 0 amide bonds. The maximum absolute atomic E-state index is 10.1. The maximum atomic E-state index is 10.1. The van der Waals surface area contributed by atoms with Crippen LogP contribution in [0.25, 0.3) is 0 Å². The Morgan fingerprint density at radius 1 is 1.45 bits per heavy atom. The lowest BCUT2D eigenvalue weighted by atomic mass is 10.2. The first-order valence-electron chi connectivity index (χ1n) is 3.51. The molecule has 4 nitrogen and oxygen atoms in total. The number of hydrogen-bond donors (Lipinski definition) is 2. The minimum atomic E-state index is -0.953. The third kappa shape index (κ3) is 7.29. The second kappa shape index (κ2) is 3.69. The quantitative estimate of drug-likeness (QED) is 0.549. The van der Waals surface area contributed by atoms with Gasteiger partial charge < -0.3 is 14.7 Å². The van der Waals surface area contributed by atoms with Gasteiger partial charge in [-0.2, -0.15) is 0 Å². The van der Waals surface area contributed by atoms with Crippen LogP contribution in [0.1, 0.15) is 6.42 Å². The van der Waals surface area contributed by atoms with Crippen molar-refractivity contribution in [3.8, 4) is 0 Å². The van der Waals surface area contributed by atoms with Crippen molar-refractivity contribution >= 4 is 5.97 Å². The zero-order valence-corrected chi connectivity index (χ0v) is 7.24. The highest BCUT2D eigenvalue weighted by molar-refractivity contribution is 5.67. The summed E-state index contributed by atoms with van der Waals surface area (Å²) in [7, 11) is 5.72. The average Bonchev–Trinajstić information content (AvgIpc) is 1.53. The molecule has 0 saturated heterocycles. The Morgan fingerprint density at radius 2 is 1.91 bits per heavy atom. The molecule has 0 saturated carbocycles. The molecule has 4 heteroatoms. The average molecular weight is 162 g/mol. The molecule has 0 aliphatic rings. The van der Waals surface area contributed by atoms with E-state index in [9.17, 15) is 4.79 Å². The molecule has 2 N–H and O–H groups in total. The van der Waals surface area contributed by atoms with Crippen LogP contribution in [0.5, 0.6) is 0 Å². The van der Waals surface area contributed by atoms with Crippen LogP contribution in [-0.2, 0) is 4.79 Å². The van der Waals surface area contributed by atoms with E-state index in [-0.39, 0.29) is 6.42 Å². The Balaban J connectivity index is 3.69. The van der Waals surface area contributed by atoms with Gasteiger partial charge in [-0.25, -0.2) is 0 Å². The number of aliphatic hydroxyl groups excluding tert-OH is 1. The first kappa shape index (κ1) is 10.4. The van der Waals surface area contributed by atoms with Gasteiger partial charge in [0.25, 0.3) is 0 Å². The van der Waals surface area contributed by atoms with Crippen molar-refractivity contribution < 1.29 is 19.5 Å². The number of aliphatic carboxylic acids is 1. The van der Waals surface area contributed by atoms with Gasteiger partial charge in [0.2, 0.25) is 0 Å². The summed E-state index contributed by atoms with van der Waals surface area (Å²) < 4.78 is 0.578. The number of hydrogen-bond acceptors (Lipinski definition) is 2. The predicted octanol–water partition coefficient (Wildman–Crippen LogP) is -0.472. The number of rotatable bonds is 4. The molecular weight excluding hydrogens is 146 g/mol. The van der Waals surface area contributed by atoms with E-state index in [0.717, 1.165) is 0 Å². The molecule has 0 aromatic rings. The largest absolute Gasteiger partial charge is 0.481 e. The monoisotopic (exact) mass is 162 g/mol. The lowest BCUT2D eigenvalue weighted by Gasteiger charge is -2.25. The van der Waals surface area contributed by atoms with Crippen LogP contribution in [0.4, 0.5) is 0 Å². The van der Waals surface area contributed by atoms with Gasteiger partial charge in [0.15, 0.2) is 0 Å². The fourth-order valence-corrected chi connectivity index (χ4v) is 0.898. The lowest BCUT2D eigenvalue weighted by molar-refractivity contribution is -0.873. The number of carbonyl (C=O) groups is 1. The molecule has 0 aromatic heterocycles. The van der Waals surface area contributed by atoms with E-state index in [4.69, 9.17) is 10.2 Å². The predicted molar refractivity (Wildman–Crippen MR) is 41.2 cm³/mol. The van der Waals surface area contributed by atoms with Crippen LogP contribution in [0.2, 0.25) is 0 Å². The normalized spacial score (nSPS) is 14.5. The van der Waals surface area contributed by atoms with Crippen LogP contribution in [0.15, 0.2) is 0 Å². The van der Waals surface area contributed by atoms with Gasteiger partial charge in [0, 0.05) is 0 Å². The van der Waals surface area contributed by atoms with E-state index in [1.165, 1.54) is 0 Å². The first-order valence-corrected chi connectivity index (χ1v) is 3.51. The number of carboxylic acid groups (broad SMARTS) is 1. The van der Waals surface area contributed by atoms with Crippen molar-refractivity contribution in [3.05, 3.63) is 0 Å². The van der Waals surface area contributed by atoms with Crippen LogP contribution in [0.3, 0.4) is 0 Å². The summed E-state index contributed by atoms with van der Waals surface area (Å²) in [6, 6.07) is 0. The maximum Gasteiger partial charge on any atom is 0.306 e. The zero-order valence-electron chi connectivity index (χ0n) is 7.24. The van der Waals surface area contributed by atoms with Crippen LogP contribution in [-0.4, -0.2) is 54.5 Å². The molecule has 0 rings (SSSR count). The van der Waals surface area contributed by atoms with Gasteiger partial charge in [0.1, 0.15) is 12.6 Å². The molecular formula is C7H16NO3+.